The Bertz CT molecular complexity index is 1590. The van der Waals surface area contributed by atoms with Gasteiger partial charge < -0.3 is 18.9 Å². The van der Waals surface area contributed by atoms with Crippen LogP contribution in [-0.2, 0) is 24.3 Å². The zero-order chi connectivity index (χ0) is 26.6. The van der Waals surface area contributed by atoms with Crippen molar-refractivity contribution in [3.63, 3.8) is 0 Å². The second-order valence-corrected chi connectivity index (χ2v) is 9.48. The molecule has 1 amide bonds. The van der Waals surface area contributed by atoms with Crippen molar-refractivity contribution in [2.24, 2.45) is 0 Å². The number of carbonyl (C=O) groups is 1. The first-order valence-electron chi connectivity index (χ1n) is 12.3. The van der Waals surface area contributed by atoms with Crippen LogP contribution in [0, 0.1) is 16.0 Å². The molecule has 1 aromatic heterocycles. The number of aromatic nitrogens is 1. The molecular weight excluding hydrogens is 494 g/mol. The number of carbonyl (C=O) groups excluding carboxylic acids is 1. The lowest BCUT2D eigenvalue weighted by atomic mass is 9.98. The van der Waals surface area contributed by atoms with Gasteiger partial charge in [0.15, 0.2) is 11.5 Å². The molecule has 1 aliphatic heterocycles. The van der Waals surface area contributed by atoms with Gasteiger partial charge in [0, 0.05) is 18.7 Å². The summed E-state index contributed by atoms with van der Waals surface area (Å²) in [5.74, 6) is 1.27. The van der Waals surface area contributed by atoms with E-state index in [1.165, 1.54) is 0 Å². The minimum atomic E-state index is -0.0601. The number of rotatable bonds is 6. The van der Waals surface area contributed by atoms with Gasteiger partial charge in [-0.25, -0.2) is 0 Å². The van der Waals surface area contributed by atoms with Gasteiger partial charge in [-0.2, -0.15) is 5.26 Å². The number of methoxy groups -OCH3 is 2. The van der Waals surface area contributed by atoms with Crippen LogP contribution in [0.4, 0.5) is 0 Å². The summed E-state index contributed by atoms with van der Waals surface area (Å²) in [7, 11) is 3.23. The molecule has 0 atom stereocenters. The average molecular weight is 522 g/mol. The summed E-state index contributed by atoms with van der Waals surface area (Å²) >= 11 is 5.85. The summed E-state index contributed by atoms with van der Waals surface area (Å²) in [6.07, 6.45) is 0.717. The minimum Gasteiger partial charge on any atom is -0.493 e. The summed E-state index contributed by atoms with van der Waals surface area (Å²) in [6, 6.07) is 27.8. The molecule has 0 spiro atoms. The molecule has 190 valence electrons. The lowest BCUT2D eigenvalue weighted by molar-refractivity contribution is -0.132. The molecule has 4 aromatic rings. The maximum absolute atomic E-state index is 13.7. The number of amides is 1. The Labute approximate surface area is 227 Å². The van der Waals surface area contributed by atoms with E-state index in [0.29, 0.717) is 34.8 Å². The van der Waals surface area contributed by atoms with E-state index in [9.17, 15) is 10.1 Å². The first kappa shape index (κ1) is 25.2. The Hall–Kier alpha value is -4.41. The minimum absolute atomic E-state index is 0.0371. The highest BCUT2D eigenvalue weighted by Gasteiger charge is 2.25. The third kappa shape index (κ3) is 4.79. The number of benzene rings is 3. The summed E-state index contributed by atoms with van der Waals surface area (Å²) < 4.78 is 13.1. The van der Waals surface area contributed by atoms with Gasteiger partial charge in [-0.15, -0.1) is 0 Å². The van der Waals surface area contributed by atoms with Crippen molar-refractivity contribution in [3.05, 3.63) is 100 Å². The van der Waals surface area contributed by atoms with Crippen LogP contribution in [-0.4, -0.2) is 36.1 Å². The molecule has 0 radical (unpaired) electrons. The molecule has 0 saturated carbocycles. The van der Waals surface area contributed by atoms with E-state index in [4.69, 9.17) is 21.7 Å². The quantitative estimate of drug-likeness (QED) is 0.290. The van der Waals surface area contributed by atoms with Crippen LogP contribution in [0.2, 0.25) is 0 Å². The monoisotopic (exact) mass is 521 g/mol. The number of fused-ring (bicyclic) bond motifs is 1. The maximum atomic E-state index is 13.7. The van der Waals surface area contributed by atoms with Crippen LogP contribution in [0.5, 0.6) is 11.5 Å². The van der Waals surface area contributed by atoms with Gasteiger partial charge >= 0.3 is 0 Å². The van der Waals surface area contributed by atoms with E-state index >= 15 is 0 Å². The summed E-state index contributed by atoms with van der Waals surface area (Å²) in [5.41, 5.74) is 5.95. The van der Waals surface area contributed by atoms with Crippen molar-refractivity contribution in [3.8, 4) is 40.0 Å². The molecule has 0 fully saturated rings. The predicted molar refractivity (Wildman–Crippen MR) is 150 cm³/mol. The van der Waals surface area contributed by atoms with Gasteiger partial charge in [0.25, 0.3) is 0 Å². The second kappa shape index (κ2) is 10.9. The van der Waals surface area contributed by atoms with Crippen molar-refractivity contribution in [1.29, 1.82) is 5.26 Å². The normalized spacial score (nSPS) is 12.4. The van der Waals surface area contributed by atoms with Crippen LogP contribution in [0.3, 0.4) is 0 Å². The Kier molecular flexibility index (Phi) is 7.25. The molecule has 38 heavy (non-hydrogen) atoms. The zero-order valence-corrected chi connectivity index (χ0v) is 22.1. The molecule has 1 aliphatic rings. The van der Waals surface area contributed by atoms with E-state index in [2.05, 4.69) is 6.07 Å². The number of nitriles is 1. The fourth-order valence-electron chi connectivity index (χ4n) is 4.94. The fourth-order valence-corrected chi connectivity index (χ4v) is 5.25. The van der Waals surface area contributed by atoms with Crippen molar-refractivity contribution in [1.82, 2.24) is 9.47 Å². The van der Waals surface area contributed by atoms with E-state index in [0.717, 1.165) is 39.9 Å². The molecule has 7 heteroatoms. The van der Waals surface area contributed by atoms with Gasteiger partial charge in [0.1, 0.15) is 17.3 Å². The molecule has 2 heterocycles. The Morgan fingerprint density at radius 2 is 1.53 bits per heavy atom. The SMILES string of the molecule is COc1cc2c(cc1OC)CN(C(=O)Cn1c(-c3ccccc3)cc(-c3ccccc3)c(C#N)c1=S)CC2. The average Bonchev–Trinajstić information content (AvgIpc) is 2.97. The highest BCUT2D eigenvalue weighted by Crippen LogP contribution is 2.34. The second-order valence-electron chi connectivity index (χ2n) is 9.09. The van der Waals surface area contributed by atoms with Gasteiger partial charge in [-0.1, -0.05) is 72.9 Å². The van der Waals surface area contributed by atoms with Crippen molar-refractivity contribution < 1.29 is 14.3 Å². The largest absolute Gasteiger partial charge is 0.493 e. The third-order valence-electron chi connectivity index (χ3n) is 6.93. The number of hydrogen-bond acceptors (Lipinski definition) is 5. The number of ether oxygens (including phenoxy) is 2. The molecule has 0 saturated heterocycles. The Balaban J connectivity index is 1.54. The third-order valence-corrected chi connectivity index (χ3v) is 7.35. The van der Waals surface area contributed by atoms with Crippen LogP contribution in [0.25, 0.3) is 22.4 Å². The molecule has 6 nitrogen and oxygen atoms in total. The van der Waals surface area contributed by atoms with E-state index in [-0.39, 0.29) is 12.5 Å². The van der Waals surface area contributed by atoms with E-state index in [1.54, 1.807) is 18.8 Å². The van der Waals surface area contributed by atoms with Gasteiger partial charge in [0.05, 0.1) is 25.5 Å². The van der Waals surface area contributed by atoms with Crippen molar-refractivity contribution in [2.75, 3.05) is 20.8 Å². The number of hydrogen-bond donors (Lipinski definition) is 0. The molecular formula is C31H27N3O3S. The summed E-state index contributed by atoms with van der Waals surface area (Å²) in [4.78, 5) is 15.5. The first-order valence-corrected chi connectivity index (χ1v) is 12.7. The fraction of sp³-hybridized carbons (Fsp3) is 0.194. The molecule has 0 aliphatic carbocycles. The van der Waals surface area contributed by atoms with Crippen molar-refractivity contribution >= 4 is 18.1 Å². The number of pyridine rings is 1. The van der Waals surface area contributed by atoms with E-state index in [1.807, 2.05) is 83.8 Å². The first-order chi connectivity index (χ1) is 18.5. The van der Waals surface area contributed by atoms with Gasteiger partial charge in [0.2, 0.25) is 5.91 Å². The predicted octanol–water partition coefficient (Wildman–Crippen LogP) is 6.03. The molecule has 0 N–H and O–H groups in total. The molecule has 0 bridgehead atoms. The van der Waals surface area contributed by atoms with Gasteiger partial charge in [-0.05, 0) is 46.9 Å². The van der Waals surface area contributed by atoms with Crippen molar-refractivity contribution in [2.45, 2.75) is 19.5 Å². The Morgan fingerprint density at radius 3 is 2.13 bits per heavy atom. The molecule has 0 unspecified atom stereocenters. The lowest BCUT2D eigenvalue weighted by Gasteiger charge is -2.30. The van der Waals surface area contributed by atoms with E-state index < -0.39 is 0 Å². The van der Waals surface area contributed by atoms with Crippen LogP contribution < -0.4 is 9.47 Å². The molecule has 3 aromatic carbocycles. The van der Waals surface area contributed by atoms with Crippen LogP contribution in [0.15, 0.2) is 78.9 Å². The highest BCUT2D eigenvalue weighted by atomic mass is 32.1. The standard InChI is InChI=1S/C31H27N3O3S/c1-36-28-15-23-13-14-33(19-24(23)16-29(28)37-2)30(35)20-34-27(22-11-7-4-8-12-22)17-25(26(18-32)31(34)38)21-9-5-3-6-10-21/h3-12,15-17H,13-14,19-20H2,1-2H3. The Morgan fingerprint density at radius 1 is 0.921 bits per heavy atom. The smallest absolute Gasteiger partial charge is 0.242 e. The van der Waals surface area contributed by atoms with Gasteiger partial charge in [-0.3, -0.25) is 4.79 Å². The summed E-state index contributed by atoms with van der Waals surface area (Å²) in [5, 5.41) is 10.1. The molecule has 5 rings (SSSR count). The maximum Gasteiger partial charge on any atom is 0.242 e. The van der Waals surface area contributed by atoms with Crippen LogP contribution >= 0.6 is 12.2 Å². The lowest BCUT2D eigenvalue weighted by Crippen LogP contribution is -2.38. The number of nitrogens with zero attached hydrogens (tertiary/aromatic N) is 3. The zero-order valence-electron chi connectivity index (χ0n) is 21.3. The topological polar surface area (TPSA) is 67.5 Å². The highest BCUT2D eigenvalue weighted by molar-refractivity contribution is 7.71. The van der Waals surface area contributed by atoms with Crippen LogP contribution in [0.1, 0.15) is 16.7 Å². The summed E-state index contributed by atoms with van der Waals surface area (Å²) in [6.45, 7) is 1.09.